The van der Waals surface area contributed by atoms with E-state index in [9.17, 15) is 19.2 Å². The van der Waals surface area contributed by atoms with Gasteiger partial charge in [-0.2, -0.15) is 0 Å². The summed E-state index contributed by atoms with van der Waals surface area (Å²) in [5.74, 6) is -3.28. The molecule has 4 heterocycles. The van der Waals surface area contributed by atoms with Crippen molar-refractivity contribution in [1.29, 1.82) is 0 Å². The van der Waals surface area contributed by atoms with Crippen LogP contribution < -0.4 is 15.5 Å². The standard InChI is InChI=1S/C21H25N5O4/c27-18-4-3-17(19(28)23-18)26-20(29)15-2-1-14(9-16(15)21(26)30)25-7-5-24(6-8-25)12-13-10-22-11-13/h1-2,9,13,17,22H,3-8,10-12H2,(H,23,27,28)/i5D2,6D2,7D2,8D2. The van der Waals surface area contributed by atoms with Crippen molar-refractivity contribution in [2.75, 3.05) is 50.5 Å². The van der Waals surface area contributed by atoms with E-state index in [2.05, 4.69) is 10.6 Å². The van der Waals surface area contributed by atoms with Gasteiger partial charge in [0.15, 0.2) is 0 Å². The van der Waals surface area contributed by atoms with Crippen LogP contribution in [0.15, 0.2) is 18.2 Å². The molecule has 0 bridgehead atoms. The van der Waals surface area contributed by atoms with Crippen molar-refractivity contribution in [3.8, 4) is 0 Å². The van der Waals surface area contributed by atoms with Crippen molar-refractivity contribution in [1.82, 2.24) is 20.4 Å². The van der Waals surface area contributed by atoms with Crippen molar-refractivity contribution in [3.05, 3.63) is 29.3 Å². The molecular weight excluding hydrogens is 386 g/mol. The Morgan fingerprint density at radius 1 is 1.00 bits per heavy atom. The molecule has 1 aromatic rings. The molecule has 1 unspecified atom stereocenters. The number of amides is 4. The number of carbonyl (C=O) groups excluding carboxylic acids is 4. The topological polar surface area (TPSA) is 102 Å². The van der Waals surface area contributed by atoms with Gasteiger partial charge in [0.25, 0.3) is 11.8 Å². The van der Waals surface area contributed by atoms with E-state index in [-0.39, 0.29) is 42.1 Å². The van der Waals surface area contributed by atoms with Gasteiger partial charge in [-0.15, -0.1) is 0 Å². The molecule has 4 aliphatic rings. The second-order valence-corrected chi connectivity index (χ2v) is 7.59. The summed E-state index contributed by atoms with van der Waals surface area (Å²) in [6.07, 6.45) is -0.159. The Hall–Kier alpha value is -2.78. The third-order valence-corrected chi connectivity index (χ3v) is 5.58. The van der Waals surface area contributed by atoms with Gasteiger partial charge in [0.2, 0.25) is 11.8 Å². The number of piperidine rings is 1. The summed E-state index contributed by atoms with van der Waals surface area (Å²) in [5, 5.41) is 5.05. The highest BCUT2D eigenvalue weighted by Crippen LogP contribution is 2.31. The minimum Gasteiger partial charge on any atom is -0.369 e. The van der Waals surface area contributed by atoms with Crippen molar-refractivity contribution in [2.24, 2.45) is 5.92 Å². The number of piperazine rings is 1. The fourth-order valence-corrected chi connectivity index (χ4v) is 3.83. The second-order valence-electron chi connectivity index (χ2n) is 7.59. The maximum absolute atomic E-state index is 13.2. The first-order valence-corrected chi connectivity index (χ1v) is 9.68. The monoisotopic (exact) mass is 419 g/mol. The highest BCUT2D eigenvalue weighted by molar-refractivity contribution is 6.23. The summed E-state index contributed by atoms with van der Waals surface area (Å²) in [6.45, 7) is -11.6. The van der Waals surface area contributed by atoms with Crippen LogP contribution in [-0.2, 0) is 9.59 Å². The molecule has 9 heteroatoms. The van der Waals surface area contributed by atoms with Crippen LogP contribution in [0.25, 0.3) is 0 Å². The fraction of sp³-hybridized carbons (Fsp3) is 0.524. The predicted octanol–water partition coefficient (Wildman–Crippen LogP) is -0.571. The lowest BCUT2D eigenvalue weighted by molar-refractivity contribution is -0.136. The van der Waals surface area contributed by atoms with Gasteiger partial charge in [0.1, 0.15) is 6.04 Å². The molecule has 0 saturated carbocycles. The average Bonchev–Trinajstić information content (AvgIpc) is 3.01. The summed E-state index contributed by atoms with van der Waals surface area (Å²) in [7, 11) is 0. The minimum atomic E-state index is -3.12. The molecule has 1 aromatic carbocycles. The molecule has 30 heavy (non-hydrogen) atoms. The summed E-state index contributed by atoms with van der Waals surface area (Å²) in [5.41, 5.74) is -0.762. The lowest BCUT2D eigenvalue weighted by Gasteiger charge is -2.39. The molecular formula is C21H25N5O4. The smallest absolute Gasteiger partial charge is 0.262 e. The van der Waals surface area contributed by atoms with Gasteiger partial charge in [0.05, 0.1) is 16.6 Å². The molecule has 5 rings (SSSR count). The first kappa shape index (κ1) is 12.2. The van der Waals surface area contributed by atoms with Gasteiger partial charge in [0, 0.05) is 63.2 Å². The van der Waals surface area contributed by atoms with E-state index in [1.807, 2.05) is 0 Å². The summed E-state index contributed by atoms with van der Waals surface area (Å²) < 4.78 is 68.8. The summed E-state index contributed by atoms with van der Waals surface area (Å²) >= 11 is 0. The predicted molar refractivity (Wildman–Crippen MR) is 108 cm³/mol. The molecule has 0 aliphatic carbocycles. The van der Waals surface area contributed by atoms with Crippen molar-refractivity contribution in [2.45, 2.75) is 18.9 Å². The largest absolute Gasteiger partial charge is 0.369 e. The number of rotatable bonds is 4. The number of carbonyl (C=O) groups is 4. The highest BCUT2D eigenvalue weighted by Gasteiger charge is 2.44. The van der Waals surface area contributed by atoms with Crippen molar-refractivity contribution in [3.63, 3.8) is 0 Å². The Kier molecular flexibility index (Phi) is 3.03. The highest BCUT2D eigenvalue weighted by atomic mass is 16.2. The Bertz CT molecular complexity index is 1230. The molecule has 4 amide bonds. The van der Waals surface area contributed by atoms with Crippen molar-refractivity contribution >= 4 is 29.3 Å². The minimum absolute atomic E-state index is 0.0764. The zero-order valence-corrected chi connectivity index (χ0v) is 15.9. The van der Waals surface area contributed by atoms with Gasteiger partial charge in [-0.25, -0.2) is 0 Å². The van der Waals surface area contributed by atoms with E-state index >= 15 is 0 Å². The number of nitrogens with zero attached hydrogens (tertiary/aromatic N) is 3. The van der Waals surface area contributed by atoms with E-state index in [0.29, 0.717) is 27.8 Å². The Balaban J connectivity index is 1.54. The van der Waals surface area contributed by atoms with Crippen LogP contribution in [0.3, 0.4) is 0 Å². The third kappa shape index (κ3) is 3.27. The zero-order valence-electron chi connectivity index (χ0n) is 23.9. The quantitative estimate of drug-likeness (QED) is 0.630. The molecule has 9 nitrogen and oxygen atoms in total. The first-order chi connectivity index (χ1) is 17.5. The van der Waals surface area contributed by atoms with Gasteiger partial charge in [-0.3, -0.25) is 34.3 Å². The number of hydrogen-bond donors (Lipinski definition) is 2. The van der Waals surface area contributed by atoms with Crippen molar-refractivity contribution < 1.29 is 30.1 Å². The fourth-order valence-electron chi connectivity index (χ4n) is 3.83. The maximum Gasteiger partial charge on any atom is 0.262 e. The molecule has 0 spiro atoms. The molecule has 2 N–H and O–H groups in total. The second kappa shape index (κ2) is 7.48. The van der Waals surface area contributed by atoms with Gasteiger partial charge < -0.3 is 10.2 Å². The molecule has 4 aliphatic heterocycles. The SMILES string of the molecule is [2H]C1([2H])N(CC2CNC2)C([2H])([2H])C([2H])([2H])N(c2ccc3c(c2)C(=O)N(C2CCC(=O)NC2=O)C3=O)C1([2H])[2H]. The lowest BCUT2D eigenvalue weighted by atomic mass is 10.0. The Morgan fingerprint density at radius 2 is 1.73 bits per heavy atom. The number of nitrogens with one attached hydrogen (secondary N) is 2. The number of anilines is 1. The van der Waals surface area contributed by atoms with E-state index < -0.39 is 55.7 Å². The van der Waals surface area contributed by atoms with Crippen LogP contribution in [-0.4, -0.2) is 85.1 Å². The molecule has 0 radical (unpaired) electrons. The van der Waals surface area contributed by atoms with Crippen LogP contribution in [0.1, 0.15) is 44.5 Å². The Labute approximate surface area is 185 Å². The Morgan fingerprint density at radius 3 is 2.40 bits per heavy atom. The number of fused-ring (bicyclic) bond motifs is 1. The molecule has 3 fully saturated rings. The van der Waals surface area contributed by atoms with E-state index in [1.165, 1.54) is 0 Å². The van der Waals surface area contributed by atoms with Crippen LogP contribution in [0.4, 0.5) is 5.69 Å². The number of benzene rings is 1. The maximum atomic E-state index is 13.2. The van der Waals surface area contributed by atoms with E-state index in [1.54, 1.807) is 0 Å². The van der Waals surface area contributed by atoms with Crippen LogP contribution >= 0.6 is 0 Å². The van der Waals surface area contributed by atoms with Gasteiger partial charge >= 0.3 is 0 Å². The van der Waals surface area contributed by atoms with Gasteiger partial charge in [-0.1, -0.05) is 0 Å². The third-order valence-electron chi connectivity index (χ3n) is 5.58. The number of hydrogen-bond acceptors (Lipinski definition) is 7. The zero-order chi connectivity index (χ0) is 28.0. The van der Waals surface area contributed by atoms with E-state index in [4.69, 9.17) is 11.0 Å². The number of imide groups is 2. The van der Waals surface area contributed by atoms with Gasteiger partial charge in [-0.05, 0) is 30.5 Å². The normalized spacial score (nSPS) is 36.1. The van der Waals surface area contributed by atoms with Crippen LogP contribution in [0.2, 0.25) is 0 Å². The van der Waals surface area contributed by atoms with Crippen LogP contribution in [0, 0.1) is 5.92 Å². The van der Waals surface area contributed by atoms with Crippen LogP contribution in [0.5, 0.6) is 0 Å². The molecule has 158 valence electrons. The first-order valence-electron chi connectivity index (χ1n) is 13.7. The molecule has 0 aromatic heterocycles. The molecule has 3 saturated heterocycles. The summed E-state index contributed by atoms with van der Waals surface area (Å²) in [6, 6.07) is 2.02. The summed E-state index contributed by atoms with van der Waals surface area (Å²) in [4.78, 5) is 51.7. The lowest BCUT2D eigenvalue weighted by Crippen LogP contribution is -2.54. The van der Waals surface area contributed by atoms with E-state index in [0.717, 1.165) is 18.2 Å². The average molecular weight is 420 g/mol. The molecule has 1 atom stereocenters.